The number of allylic oxidation sites excluding steroid dienone is 1. The van der Waals surface area contributed by atoms with E-state index in [-0.39, 0.29) is 5.56 Å². The van der Waals surface area contributed by atoms with Gasteiger partial charge in [0.25, 0.3) is 5.56 Å². The molecular weight excluding hydrogens is 456 g/mol. The number of carbonyl (C=O) groups excluding carboxylic acids is 1. The fourth-order valence-corrected chi connectivity index (χ4v) is 5.48. The van der Waals surface area contributed by atoms with E-state index in [4.69, 9.17) is 16.3 Å². The Kier molecular flexibility index (Phi) is 5.48. The third-order valence-electron chi connectivity index (χ3n) is 5.74. The molecule has 0 radical (unpaired) electrons. The van der Waals surface area contributed by atoms with Gasteiger partial charge in [-0.2, -0.15) is 0 Å². The molecule has 0 bridgehead atoms. The lowest BCUT2D eigenvalue weighted by Crippen LogP contribution is -2.39. The molecule has 0 saturated heterocycles. The average Bonchev–Trinajstić information content (AvgIpc) is 3.13. The third-order valence-corrected chi connectivity index (χ3v) is 7.06. The minimum Gasteiger partial charge on any atom is -0.466 e. The van der Waals surface area contributed by atoms with Crippen LogP contribution in [0.4, 0.5) is 0 Å². The molecule has 1 aliphatic rings. The number of fused-ring (bicyclic) bond motifs is 2. The van der Waals surface area contributed by atoms with Gasteiger partial charge in [0.15, 0.2) is 4.80 Å². The molecule has 1 aromatic heterocycles. The Morgan fingerprint density at radius 2 is 1.82 bits per heavy atom. The summed E-state index contributed by atoms with van der Waals surface area (Å²) in [5.41, 5.74) is 2.16. The van der Waals surface area contributed by atoms with E-state index in [9.17, 15) is 9.59 Å². The molecule has 5 nitrogen and oxygen atoms in total. The summed E-state index contributed by atoms with van der Waals surface area (Å²) in [5, 5.41) is 2.61. The predicted molar refractivity (Wildman–Crippen MR) is 131 cm³/mol. The van der Waals surface area contributed by atoms with Crippen LogP contribution in [0.1, 0.15) is 24.1 Å². The largest absolute Gasteiger partial charge is 0.466 e. The van der Waals surface area contributed by atoms with Gasteiger partial charge in [0, 0.05) is 5.02 Å². The van der Waals surface area contributed by atoms with Crippen LogP contribution < -0.4 is 14.9 Å². The lowest BCUT2D eigenvalue weighted by Gasteiger charge is -2.25. The molecule has 4 aromatic rings. The Morgan fingerprint density at radius 1 is 1.09 bits per heavy atom. The molecule has 1 aliphatic heterocycles. The number of carbonyl (C=O) groups is 1. The molecule has 0 saturated carbocycles. The molecular formula is C26H19ClN2O3S. The van der Waals surface area contributed by atoms with Crippen LogP contribution in [-0.4, -0.2) is 17.6 Å². The number of rotatable bonds is 3. The number of ether oxygens (including phenoxy) is 1. The monoisotopic (exact) mass is 474 g/mol. The van der Waals surface area contributed by atoms with E-state index in [0.29, 0.717) is 31.2 Å². The first-order chi connectivity index (χ1) is 16.0. The Bertz CT molecular complexity index is 1630. The molecule has 0 aliphatic carbocycles. The highest BCUT2D eigenvalue weighted by atomic mass is 35.5. The van der Waals surface area contributed by atoms with E-state index >= 15 is 0 Å². The number of methoxy groups -OCH3 is 1. The summed E-state index contributed by atoms with van der Waals surface area (Å²) in [5.74, 6) is -0.537. The number of esters is 1. The van der Waals surface area contributed by atoms with Crippen LogP contribution in [0.3, 0.4) is 0 Å². The molecule has 2 heterocycles. The van der Waals surface area contributed by atoms with Crippen LogP contribution in [0, 0.1) is 0 Å². The normalized spacial score (nSPS) is 16.0. The van der Waals surface area contributed by atoms with Crippen LogP contribution in [-0.2, 0) is 9.53 Å². The van der Waals surface area contributed by atoms with E-state index in [1.165, 1.54) is 18.4 Å². The van der Waals surface area contributed by atoms with Crippen molar-refractivity contribution in [1.29, 1.82) is 0 Å². The van der Waals surface area contributed by atoms with Gasteiger partial charge >= 0.3 is 5.97 Å². The van der Waals surface area contributed by atoms with Crippen LogP contribution in [0.5, 0.6) is 0 Å². The van der Waals surface area contributed by atoms with Gasteiger partial charge in [-0.05, 0) is 41.0 Å². The Balaban J connectivity index is 1.79. The zero-order chi connectivity index (χ0) is 23.1. The average molecular weight is 475 g/mol. The maximum Gasteiger partial charge on any atom is 0.338 e. The molecule has 7 heteroatoms. The number of aromatic nitrogens is 1. The van der Waals surface area contributed by atoms with Gasteiger partial charge in [-0.3, -0.25) is 9.36 Å². The second kappa shape index (κ2) is 8.46. The lowest BCUT2D eigenvalue weighted by molar-refractivity contribution is -0.136. The Hall–Kier alpha value is -3.48. The summed E-state index contributed by atoms with van der Waals surface area (Å²) in [6, 6.07) is 20.5. The Labute approximate surface area is 198 Å². The first kappa shape index (κ1) is 21.4. The van der Waals surface area contributed by atoms with Gasteiger partial charge < -0.3 is 4.74 Å². The first-order valence-corrected chi connectivity index (χ1v) is 11.5. The summed E-state index contributed by atoms with van der Waals surface area (Å²) in [6.45, 7) is 1.75. The topological polar surface area (TPSA) is 60.7 Å². The molecule has 0 amide bonds. The highest BCUT2D eigenvalue weighted by molar-refractivity contribution is 7.07. The van der Waals surface area contributed by atoms with E-state index < -0.39 is 12.0 Å². The number of hydrogen-bond donors (Lipinski definition) is 0. The molecule has 3 aromatic carbocycles. The van der Waals surface area contributed by atoms with Crippen molar-refractivity contribution >= 4 is 45.8 Å². The van der Waals surface area contributed by atoms with Crippen molar-refractivity contribution in [3.8, 4) is 0 Å². The highest BCUT2D eigenvalue weighted by Gasteiger charge is 2.34. The highest BCUT2D eigenvalue weighted by Crippen LogP contribution is 2.34. The van der Waals surface area contributed by atoms with Crippen molar-refractivity contribution in [3.05, 3.63) is 114 Å². The van der Waals surface area contributed by atoms with Crippen molar-refractivity contribution in [2.45, 2.75) is 13.0 Å². The number of halogens is 1. The molecule has 0 N–H and O–H groups in total. The number of benzene rings is 3. The smallest absolute Gasteiger partial charge is 0.338 e. The third kappa shape index (κ3) is 3.61. The number of hydrogen-bond acceptors (Lipinski definition) is 5. The van der Waals surface area contributed by atoms with Gasteiger partial charge in [-0.25, -0.2) is 9.79 Å². The lowest BCUT2D eigenvalue weighted by atomic mass is 9.96. The second-order valence-corrected chi connectivity index (χ2v) is 9.08. The van der Waals surface area contributed by atoms with Gasteiger partial charge in [0.2, 0.25) is 0 Å². The van der Waals surface area contributed by atoms with Crippen LogP contribution in [0.2, 0.25) is 5.02 Å². The maximum absolute atomic E-state index is 13.7. The van der Waals surface area contributed by atoms with Crippen LogP contribution >= 0.6 is 22.9 Å². The molecule has 0 fully saturated rings. The van der Waals surface area contributed by atoms with Crippen LogP contribution in [0.15, 0.2) is 87.8 Å². The molecule has 5 rings (SSSR count). The summed E-state index contributed by atoms with van der Waals surface area (Å²) in [4.78, 5) is 31.5. The van der Waals surface area contributed by atoms with E-state index in [0.717, 1.165) is 16.3 Å². The van der Waals surface area contributed by atoms with Crippen molar-refractivity contribution in [1.82, 2.24) is 4.57 Å². The van der Waals surface area contributed by atoms with Gasteiger partial charge in [-0.15, -0.1) is 0 Å². The van der Waals surface area contributed by atoms with Crippen molar-refractivity contribution < 1.29 is 9.53 Å². The van der Waals surface area contributed by atoms with Crippen LogP contribution in [0.25, 0.3) is 16.8 Å². The predicted octanol–water partition coefficient (Wildman–Crippen LogP) is 4.21. The standard InChI is InChI=1S/C26H19ClN2O3S/c1-15-22(25(31)32-2)23(19-12-5-6-13-20(19)27)29-24(30)21(33-26(29)28-15)14-17-10-7-9-16-8-3-4-11-18(16)17/h3-14,23H,1-2H3/b21-14+. The summed E-state index contributed by atoms with van der Waals surface area (Å²) in [7, 11) is 1.32. The van der Waals surface area contributed by atoms with E-state index in [1.807, 2.05) is 66.7 Å². The van der Waals surface area contributed by atoms with Crippen molar-refractivity contribution in [3.63, 3.8) is 0 Å². The zero-order valence-electron chi connectivity index (χ0n) is 17.9. The summed E-state index contributed by atoms with van der Waals surface area (Å²) >= 11 is 7.81. The number of thiazole rings is 1. The molecule has 164 valence electrons. The minimum absolute atomic E-state index is 0.231. The molecule has 0 spiro atoms. The summed E-state index contributed by atoms with van der Waals surface area (Å²) in [6.07, 6.45) is 1.88. The molecule has 1 atom stereocenters. The quantitative estimate of drug-likeness (QED) is 0.418. The fourth-order valence-electron chi connectivity index (χ4n) is 4.20. The second-order valence-electron chi connectivity index (χ2n) is 7.66. The first-order valence-electron chi connectivity index (χ1n) is 10.3. The zero-order valence-corrected chi connectivity index (χ0v) is 19.5. The van der Waals surface area contributed by atoms with Gasteiger partial charge in [-0.1, -0.05) is 83.6 Å². The Morgan fingerprint density at radius 3 is 2.61 bits per heavy atom. The van der Waals surface area contributed by atoms with Gasteiger partial charge in [0.1, 0.15) is 6.04 Å². The SMILES string of the molecule is COC(=O)C1=C(C)N=c2s/c(=C/c3cccc4ccccc34)c(=O)n2C1c1ccccc1Cl. The molecule has 33 heavy (non-hydrogen) atoms. The summed E-state index contributed by atoms with van der Waals surface area (Å²) < 4.78 is 7.11. The fraction of sp³-hybridized carbons (Fsp3) is 0.115. The van der Waals surface area contributed by atoms with Crippen molar-refractivity contribution in [2.24, 2.45) is 4.99 Å². The maximum atomic E-state index is 13.7. The van der Waals surface area contributed by atoms with Gasteiger partial charge in [0.05, 0.1) is 22.9 Å². The van der Waals surface area contributed by atoms with E-state index in [2.05, 4.69) is 4.99 Å². The molecule has 1 unspecified atom stereocenters. The van der Waals surface area contributed by atoms with Crippen molar-refractivity contribution in [2.75, 3.05) is 7.11 Å². The van der Waals surface area contributed by atoms with E-state index in [1.54, 1.807) is 17.6 Å². The minimum atomic E-state index is -0.725. The number of nitrogens with zero attached hydrogens (tertiary/aromatic N) is 2.